The van der Waals surface area contributed by atoms with E-state index in [9.17, 15) is 0 Å². The predicted molar refractivity (Wildman–Crippen MR) is 369 cm³/mol. The number of hydrogen-bond donors (Lipinski definition) is 1. The van der Waals surface area contributed by atoms with E-state index in [0.29, 0.717) is 22.8 Å². The molecule has 0 saturated carbocycles. The van der Waals surface area contributed by atoms with Crippen molar-refractivity contribution in [3.8, 4) is 73.2 Å². The van der Waals surface area contributed by atoms with Crippen LogP contribution < -0.4 is 0 Å². The second-order valence-corrected chi connectivity index (χ2v) is 22.8. The number of rotatable bonds is 7. The summed E-state index contributed by atoms with van der Waals surface area (Å²) in [5.41, 5.74) is 20.9. The second kappa shape index (κ2) is 22.7. The number of nitrogens with zero attached hydrogens (tertiary/aromatic N) is 5. The van der Waals surface area contributed by atoms with Crippen LogP contribution in [-0.2, 0) is 0 Å². The third-order valence-corrected chi connectivity index (χ3v) is 16.9. The molecule has 0 aliphatic carbocycles. The SMILES string of the molecule is Brc1ccc2oc3c(-c4ccccc4)nc(-c4ccccc4)nc3c2c1.c1ccc(-c2ccc3[nH]c4ccccc4c3c2)cc1.c1ccc(-c2ccc3c(c2)c2ccccc2n3-c2ccc3oc4c(-c5ccccc5)nc(-c5ccccc5)nc4c3c2)cc1. The van der Waals surface area contributed by atoms with Gasteiger partial charge in [-0.05, 0) is 95.1 Å². The Morgan fingerprint density at radius 3 is 1.28 bits per heavy atom. The summed E-state index contributed by atoms with van der Waals surface area (Å²) < 4.78 is 16.0. The molecule has 0 unspecified atom stereocenters. The van der Waals surface area contributed by atoms with Crippen LogP contribution in [0.4, 0.5) is 0 Å². The van der Waals surface area contributed by atoms with Gasteiger partial charge in [0.05, 0.1) is 11.0 Å². The minimum atomic E-state index is 0.676. The summed E-state index contributed by atoms with van der Waals surface area (Å²) in [5, 5.41) is 6.95. The van der Waals surface area contributed by atoms with Crippen LogP contribution in [0, 0.1) is 0 Å². The molecule has 0 radical (unpaired) electrons. The van der Waals surface area contributed by atoms with E-state index in [1.54, 1.807) is 0 Å². The van der Waals surface area contributed by atoms with Crippen molar-refractivity contribution in [2.75, 3.05) is 0 Å². The molecule has 89 heavy (non-hydrogen) atoms. The minimum absolute atomic E-state index is 0.676. The van der Waals surface area contributed by atoms with Gasteiger partial charge in [-0.1, -0.05) is 246 Å². The molecule has 6 heterocycles. The molecule has 0 atom stereocenters. The number of benzene rings is 12. The van der Waals surface area contributed by atoms with Gasteiger partial charge in [0.2, 0.25) is 0 Å². The van der Waals surface area contributed by atoms with E-state index in [0.717, 1.165) is 87.8 Å². The van der Waals surface area contributed by atoms with Crippen LogP contribution >= 0.6 is 15.9 Å². The van der Waals surface area contributed by atoms with Gasteiger partial charge in [-0.15, -0.1) is 0 Å². The first-order valence-electron chi connectivity index (χ1n) is 29.5. The molecule has 0 aliphatic rings. The van der Waals surface area contributed by atoms with E-state index in [1.807, 2.05) is 133 Å². The Morgan fingerprint density at radius 1 is 0.292 bits per heavy atom. The standard InChI is InChI=1S/C40H25N3O.C22H13BrN2O.C18H13N/c1-4-12-26(13-5-1)29-20-22-35-32(24-29)31-18-10-11-19-34(31)43(35)30-21-23-36-33(25-30)38-39(44-36)37(27-14-6-2-7-15-27)41-40(42-38)28-16-8-3-9-17-28;23-16-11-12-18-17(13-16)20-21(26-18)19(14-7-3-1-4-8-14)24-22(25-20)15-9-5-2-6-10-15;1-2-6-13(7-3-1)14-10-11-18-16(12-14)15-8-4-5-9-17(15)19-18/h1-25H;1-13H;1-12,19H. The molecule has 18 aromatic rings. The summed E-state index contributed by atoms with van der Waals surface area (Å²) in [7, 11) is 0. The Morgan fingerprint density at radius 2 is 0.719 bits per heavy atom. The highest BCUT2D eigenvalue weighted by Crippen LogP contribution is 2.41. The van der Waals surface area contributed by atoms with Crippen molar-refractivity contribution in [2.45, 2.75) is 0 Å². The summed E-state index contributed by atoms with van der Waals surface area (Å²) in [6, 6.07) is 104. The molecule has 0 amide bonds. The monoisotopic (exact) mass is 1210 g/mol. The first-order chi connectivity index (χ1) is 44.0. The maximum Gasteiger partial charge on any atom is 0.180 e. The Labute approximate surface area is 519 Å². The normalized spacial score (nSPS) is 11.4. The molecular formula is C80H51BrN6O2. The number of fused-ring (bicyclic) bond motifs is 12. The fourth-order valence-electron chi connectivity index (χ4n) is 12.1. The molecule has 0 fully saturated rings. The van der Waals surface area contributed by atoms with Gasteiger partial charge in [0, 0.05) is 75.8 Å². The van der Waals surface area contributed by atoms with Crippen LogP contribution in [-0.4, -0.2) is 29.5 Å². The van der Waals surface area contributed by atoms with Gasteiger partial charge in [-0.2, -0.15) is 0 Å². The number of aromatic nitrogens is 6. The summed E-state index contributed by atoms with van der Waals surface area (Å²) in [4.78, 5) is 23.2. The minimum Gasteiger partial charge on any atom is -0.452 e. The average molecular weight is 1210 g/mol. The zero-order valence-electron chi connectivity index (χ0n) is 47.8. The van der Waals surface area contributed by atoms with Crippen molar-refractivity contribution in [2.24, 2.45) is 0 Å². The zero-order valence-corrected chi connectivity index (χ0v) is 49.4. The van der Waals surface area contributed by atoms with Crippen molar-refractivity contribution < 1.29 is 8.83 Å². The fraction of sp³-hybridized carbons (Fsp3) is 0. The van der Waals surface area contributed by atoms with Gasteiger partial charge in [-0.3, -0.25) is 0 Å². The zero-order chi connectivity index (χ0) is 59.2. The highest BCUT2D eigenvalue weighted by molar-refractivity contribution is 9.10. The van der Waals surface area contributed by atoms with Crippen LogP contribution in [0.2, 0.25) is 0 Å². The summed E-state index contributed by atoms with van der Waals surface area (Å²) >= 11 is 3.54. The summed E-state index contributed by atoms with van der Waals surface area (Å²) in [6.07, 6.45) is 0. The lowest BCUT2D eigenvalue weighted by atomic mass is 10.0. The lowest BCUT2D eigenvalue weighted by Gasteiger charge is -2.09. The first kappa shape index (κ1) is 53.0. The number of hydrogen-bond acceptors (Lipinski definition) is 6. The number of nitrogens with one attached hydrogen (secondary N) is 1. The number of furan rings is 2. The maximum atomic E-state index is 6.51. The van der Waals surface area contributed by atoms with Crippen molar-refractivity contribution in [3.05, 3.63) is 308 Å². The number of H-pyrrole nitrogens is 1. The summed E-state index contributed by atoms with van der Waals surface area (Å²) in [6.45, 7) is 0. The third-order valence-electron chi connectivity index (χ3n) is 16.4. The van der Waals surface area contributed by atoms with Gasteiger partial charge in [0.15, 0.2) is 22.8 Å². The van der Waals surface area contributed by atoms with Gasteiger partial charge < -0.3 is 18.4 Å². The van der Waals surface area contributed by atoms with E-state index in [-0.39, 0.29) is 0 Å². The molecule has 1 N–H and O–H groups in total. The molecule has 12 aromatic carbocycles. The van der Waals surface area contributed by atoms with Crippen LogP contribution in [0.3, 0.4) is 0 Å². The fourth-order valence-corrected chi connectivity index (χ4v) is 12.5. The Bertz CT molecular complexity index is 5610. The molecule has 0 aliphatic heterocycles. The molecule has 6 aromatic heterocycles. The number of para-hydroxylation sites is 2. The first-order valence-corrected chi connectivity index (χ1v) is 30.3. The second-order valence-electron chi connectivity index (χ2n) is 21.9. The van der Waals surface area contributed by atoms with E-state index in [2.05, 4.69) is 195 Å². The maximum absolute atomic E-state index is 6.51. The van der Waals surface area contributed by atoms with Crippen LogP contribution in [0.25, 0.3) is 161 Å². The van der Waals surface area contributed by atoms with Crippen molar-refractivity contribution in [1.82, 2.24) is 29.5 Å². The van der Waals surface area contributed by atoms with Gasteiger partial charge >= 0.3 is 0 Å². The quantitative estimate of drug-likeness (QED) is 0.171. The molecule has 18 rings (SSSR count). The lowest BCUT2D eigenvalue weighted by Crippen LogP contribution is -1.95. The highest BCUT2D eigenvalue weighted by Gasteiger charge is 2.22. The van der Waals surface area contributed by atoms with E-state index < -0.39 is 0 Å². The predicted octanol–water partition coefficient (Wildman–Crippen LogP) is 21.9. The Balaban J connectivity index is 0.000000119. The smallest absolute Gasteiger partial charge is 0.180 e. The van der Waals surface area contributed by atoms with Crippen LogP contribution in [0.5, 0.6) is 0 Å². The third kappa shape index (κ3) is 9.95. The Kier molecular flexibility index (Phi) is 13.5. The molecule has 9 heteroatoms. The number of aromatic amines is 1. The molecule has 0 spiro atoms. The molecule has 8 nitrogen and oxygen atoms in total. The topological polar surface area (TPSA) is 98.6 Å². The van der Waals surface area contributed by atoms with Crippen molar-refractivity contribution in [3.63, 3.8) is 0 Å². The van der Waals surface area contributed by atoms with Gasteiger partial charge in [-0.25, -0.2) is 19.9 Å². The van der Waals surface area contributed by atoms with Gasteiger partial charge in [0.1, 0.15) is 33.6 Å². The average Bonchev–Trinajstić information content (AvgIpc) is 1.75. The van der Waals surface area contributed by atoms with E-state index in [1.165, 1.54) is 54.8 Å². The highest BCUT2D eigenvalue weighted by atomic mass is 79.9. The largest absolute Gasteiger partial charge is 0.452 e. The van der Waals surface area contributed by atoms with Crippen molar-refractivity contribution in [1.29, 1.82) is 0 Å². The van der Waals surface area contributed by atoms with E-state index in [4.69, 9.17) is 28.8 Å². The van der Waals surface area contributed by atoms with E-state index >= 15 is 0 Å². The van der Waals surface area contributed by atoms with Gasteiger partial charge in [0.25, 0.3) is 0 Å². The lowest BCUT2D eigenvalue weighted by molar-refractivity contribution is 0.667. The molecule has 0 saturated heterocycles. The van der Waals surface area contributed by atoms with Crippen molar-refractivity contribution >= 4 is 104 Å². The number of halogens is 1. The van der Waals surface area contributed by atoms with Crippen LogP contribution in [0.1, 0.15) is 0 Å². The molecule has 0 bridgehead atoms. The summed E-state index contributed by atoms with van der Waals surface area (Å²) in [5.74, 6) is 1.37. The Hall–Kier alpha value is -11.5. The van der Waals surface area contributed by atoms with Crippen LogP contribution in [0.15, 0.2) is 317 Å². The molecular weight excluding hydrogens is 1160 g/mol. The molecule has 420 valence electrons.